The topological polar surface area (TPSA) is 159 Å². The molecule has 1 aliphatic carbocycles. The molecule has 1 saturated heterocycles. The van der Waals surface area contributed by atoms with Gasteiger partial charge in [-0.3, -0.25) is 9.59 Å². The van der Waals surface area contributed by atoms with Crippen molar-refractivity contribution in [2.45, 2.75) is 75.6 Å². The van der Waals surface area contributed by atoms with Gasteiger partial charge >= 0.3 is 11.9 Å². The third-order valence-corrected chi connectivity index (χ3v) is 8.59. The minimum absolute atomic E-state index is 0. The summed E-state index contributed by atoms with van der Waals surface area (Å²) in [7, 11) is 2.79. The number of amides is 2. The molecule has 3 aliphatic rings. The number of halogens is 2. The van der Waals surface area contributed by atoms with E-state index in [0.29, 0.717) is 35.2 Å². The minimum Gasteiger partial charge on any atom is -0.497 e. The molecule has 0 unspecified atom stereocenters. The summed E-state index contributed by atoms with van der Waals surface area (Å²) in [6.45, 7) is 2.00. The standard InChI is InChI=1S/C32H40N4O8.2ClH/c1-4-43-31(40)32-17-19(32)10-8-6-5-7-9-11-23(33)29(38)36-18-21(15-26(36)28(37)35-32)44-27-16-25(30(39)42-3)34-24-14-20(41-2)12-13-22(24)27;;/h8,10,12-14,16,19,21,23,26H,4-7,9,11,15,17-18,33H2,1-3H3,(H,35,37);2*1H/b10-8-;;/t19-,21-,23+,26+,32-;;/m1../s1. The molecule has 2 aliphatic heterocycles. The highest BCUT2D eigenvalue weighted by Gasteiger charge is 2.62. The molecule has 1 aromatic carbocycles. The number of carbonyl (C=O) groups is 4. The monoisotopic (exact) mass is 680 g/mol. The van der Waals surface area contributed by atoms with Gasteiger partial charge in [0.25, 0.3) is 0 Å². The van der Waals surface area contributed by atoms with Gasteiger partial charge in [0.2, 0.25) is 11.8 Å². The summed E-state index contributed by atoms with van der Waals surface area (Å²) in [5.41, 5.74) is 5.68. The molecule has 1 aromatic heterocycles. The number of methoxy groups -OCH3 is 2. The lowest BCUT2D eigenvalue weighted by molar-refractivity contribution is -0.150. The predicted octanol–water partition coefficient (Wildman–Crippen LogP) is 3.51. The molecule has 0 radical (unpaired) electrons. The van der Waals surface area contributed by atoms with E-state index in [0.717, 1.165) is 25.7 Å². The van der Waals surface area contributed by atoms with Crippen LogP contribution in [0.25, 0.3) is 10.9 Å². The van der Waals surface area contributed by atoms with Gasteiger partial charge in [-0.15, -0.1) is 24.8 Å². The number of carbonyl (C=O) groups excluding carboxylic acids is 4. The van der Waals surface area contributed by atoms with Gasteiger partial charge in [0.15, 0.2) is 5.69 Å². The Balaban J connectivity index is 0.00000288. The van der Waals surface area contributed by atoms with E-state index in [1.165, 1.54) is 25.2 Å². The van der Waals surface area contributed by atoms with Crippen LogP contribution in [0.15, 0.2) is 36.4 Å². The molecule has 12 nitrogen and oxygen atoms in total. The quantitative estimate of drug-likeness (QED) is 0.341. The van der Waals surface area contributed by atoms with E-state index >= 15 is 0 Å². The van der Waals surface area contributed by atoms with Crippen molar-refractivity contribution in [2.24, 2.45) is 11.7 Å². The maximum Gasteiger partial charge on any atom is 0.356 e. The maximum absolute atomic E-state index is 13.9. The van der Waals surface area contributed by atoms with E-state index in [1.54, 1.807) is 25.1 Å². The van der Waals surface area contributed by atoms with Crippen molar-refractivity contribution >= 4 is 59.5 Å². The van der Waals surface area contributed by atoms with Gasteiger partial charge in [0.1, 0.15) is 29.2 Å². The summed E-state index contributed by atoms with van der Waals surface area (Å²) >= 11 is 0. The van der Waals surface area contributed by atoms with Crippen molar-refractivity contribution in [3.8, 4) is 11.5 Å². The number of hydrogen-bond donors (Lipinski definition) is 2. The van der Waals surface area contributed by atoms with Gasteiger partial charge in [0, 0.05) is 29.9 Å². The van der Waals surface area contributed by atoms with E-state index in [4.69, 9.17) is 24.7 Å². The van der Waals surface area contributed by atoms with Gasteiger partial charge in [0.05, 0.1) is 38.9 Å². The molecule has 2 amide bonds. The van der Waals surface area contributed by atoms with Crippen molar-refractivity contribution in [1.29, 1.82) is 0 Å². The Morgan fingerprint density at radius 2 is 1.91 bits per heavy atom. The Hall–Kier alpha value is -3.61. The van der Waals surface area contributed by atoms with Gasteiger partial charge in [-0.25, -0.2) is 14.6 Å². The van der Waals surface area contributed by atoms with Crippen LogP contribution in [0.1, 0.15) is 62.4 Å². The molecule has 0 bridgehead atoms. The summed E-state index contributed by atoms with van der Waals surface area (Å²) in [5.74, 6) is -1.23. The van der Waals surface area contributed by atoms with E-state index in [9.17, 15) is 19.2 Å². The van der Waals surface area contributed by atoms with Crippen LogP contribution in [-0.2, 0) is 23.9 Å². The van der Waals surface area contributed by atoms with Crippen LogP contribution in [0.2, 0.25) is 0 Å². The molecule has 252 valence electrons. The molecule has 5 rings (SSSR count). The van der Waals surface area contributed by atoms with E-state index in [2.05, 4.69) is 10.3 Å². The van der Waals surface area contributed by atoms with E-state index in [-0.39, 0.29) is 61.9 Å². The van der Waals surface area contributed by atoms with Crippen LogP contribution < -0.4 is 20.5 Å². The van der Waals surface area contributed by atoms with Crippen molar-refractivity contribution < 1.29 is 38.1 Å². The summed E-state index contributed by atoms with van der Waals surface area (Å²) in [6.07, 6.45) is 7.95. The molecular formula is C32H42Cl2N4O8. The maximum atomic E-state index is 13.9. The number of ether oxygens (including phenoxy) is 4. The number of nitrogens with zero attached hydrogens (tertiary/aromatic N) is 2. The van der Waals surface area contributed by atoms with Gasteiger partial charge in [-0.1, -0.05) is 25.0 Å². The van der Waals surface area contributed by atoms with E-state index < -0.39 is 41.6 Å². The van der Waals surface area contributed by atoms with Gasteiger partial charge < -0.3 is 34.9 Å². The largest absolute Gasteiger partial charge is 0.497 e. The first-order chi connectivity index (χ1) is 21.2. The van der Waals surface area contributed by atoms with Crippen molar-refractivity contribution in [2.75, 3.05) is 27.4 Å². The first-order valence-electron chi connectivity index (χ1n) is 15.2. The van der Waals surface area contributed by atoms with Crippen molar-refractivity contribution in [3.05, 3.63) is 42.1 Å². The average Bonchev–Trinajstić information content (AvgIpc) is 3.55. The predicted molar refractivity (Wildman–Crippen MR) is 174 cm³/mol. The number of nitrogens with one attached hydrogen (secondary N) is 1. The van der Waals surface area contributed by atoms with Crippen molar-refractivity contribution in [3.63, 3.8) is 0 Å². The second-order valence-corrected chi connectivity index (χ2v) is 11.5. The molecule has 2 fully saturated rings. The summed E-state index contributed by atoms with van der Waals surface area (Å²) in [5, 5.41) is 3.56. The second-order valence-electron chi connectivity index (χ2n) is 11.5. The Bertz CT molecular complexity index is 1470. The Morgan fingerprint density at radius 1 is 1.13 bits per heavy atom. The molecule has 14 heteroatoms. The lowest BCUT2D eigenvalue weighted by atomic mass is 10.1. The normalized spacial score (nSPS) is 26.8. The molecule has 3 N–H and O–H groups in total. The Morgan fingerprint density at radius 3 is 2.63 bits per heavy atom. The van der Waals surface area contributed by atoms with Crippen LogP contribution in [0.4, 0.5) is 0 Å². The number of allylic oxidation sites excluding steroid dienone is 1. The summed E-state index contributed by atoms with van der Waals surface area (Å²) in [6, 6.07) is 4.98. The Labute approximate surface area is 280 Å². The smallest absolute Gasteiger partial charge is 0.356 e. The Kier molecular flexibility index (Phi) is 12.7. The molecule has 46 heavy (non-hydrogen) atoms. The molecule has 0 spiro atoms. The van der Waals surface area contributed by atoms with Crippen LogP contribution in [-0.4, -0.2) is 84.7 Å². The number of fused-ring (bicyclic) bond motifs is 3. The summed E-state index contributed by atoms with van der Waals surface area (Å²) < 4.78 is 22.0. The van der Waals surface area contributed by atoms with Gasteiger partial charge in [-0.2, -0.15) is 0 Å². The highest BCUT2D eigenvalue weighted by Crippen LogP contribution is 2.46. The van der Waals surface area contributed by atoms with Crippen LogP contribution in [0.3, 0.4) is 0 Å². The number of pyridine rings is 1. The highest BCUT2D eigenvalue weighted by molar-refractivity contribution is 5.97. The first-order valence-corrected chi connectivity index (χ1v) is 15.2. The fourth-order valence-electron chi connectivity index (χ4n) is 6.08. The zero-order valence-corrected chi connectivity index (χ0v) is 27.8. The average molecular weight is 682 g/mol. The lowest BCUT2D eigenvalue weighted by Crippen LogP contribution is -2.55. The number of hydrogen-bond acceptors (Lipinski definition) is 10. The molecular weight excluding hydrogens is 639 g/mol. The zero-order chi connectivity index (χ0) is 31.4. The van der Waals surface area contributed by atoms with Gasteiger partial charge in [-0.05, 0) is 44.7 Å². The van der Waals surface area contributed by atoms with Crippen LogP contribution in [0.5, 0.6) is 11.5 Å². The van der Waals surface area contributed by atoms with E-state index in [1.807, 2.05) is 12.2 Å². The second kappa shape index (κ2) is 15.8. The molecule has 2 aromatic rings. The number of rotatable bonds is 6. The van der Waals surface area contributed by atoms with Crippen molar-refractivity contribution in [1.82, 2.24) is 15.2 Å². The molecule has 3 heterocycles. The zero-order valence-electron chi connectivity index (χ0n) is 26.2. The number of nitrogens with two attached hydrogens (primary N) is 1. The highest BCUT2D eigenvalue weighted by atomic mass is 35.5. The fraction of sp³-hybridized carbons (Fsp3) is 0.531. The number of benzene rings is 1. The fourth-order valence-corrected chi connectivity index (χ4v) is 6.08. The third-order valence-electron chi connectivity index (χ3n) is 8.59. The van der Waals surface area contributed by atoms with Crippen LogP contribution >= 0.6 is 24.8 Å². The minimum atomic E-state index is -1.17. The molecule has 5 atom stereocenters. The third kappa shape index (κ3) is 7.67. The van der Waals surface area contributed by atoms with Crippen LogP contribution in [0, 0.1) is 5.92 Å². The first kappa shape index (κ1) is 36.9. The lowest BCUT2D eigenvalue weighted by Gasteiger charge is -2.28. The summed E-state index contributed by atoms with van der Waals surface area (Å²) in [4.78, 5) is 58.9. The SMILES string of the molecule is CCOC(=O)[C@@]12C[C@H]1/C=C\CCCCC[C@H](N)C(=O)N1C[C@H](Oc3cc(C(=O)OC)nc4cc(OC)ccc34)C[C@H]1C(=O)N2.Cl.Cl. The molecule has 1 saturated carbocycles. The number of esters is 2. The number of aromatic nitrogens is 1.